The summed E-state index contributed by atoms with van der Waals surface area (Å²) in [5.41, 5.74) is 0.794. The minimum Gasteiger partial charge on any atom is -0.205 e. The van der Waals surface area contributed by atoms with E-state index in [1.54, 1.807) is 23.5 Å². The highest BCUT2D eigenvalue weighted by Crippen LogP contribution is 2.36. The van der Waals surface area contributed by atoms with Gasteiger partial charge in [-0.05, 0) is 45.8 Å². The fraction of sp³-hybridized carbons (Fsp3) is 0.0909. The Hall–Kier alpha value is -0.0900. The lowest BCUT2D eigenvalue weighted by Crippen LogP contribution is -1.91. The maximum absolute atomic E-state index is 13.0. The van der Waals surface area contributed by atoms with Crippen LogP contribution in [0, 0.1) is 5.82 Å². The average Bonchev–Trinajstić information content (AvgIpc) is 2.68. The summed E-state index contributed by atoms with van der Waals surface area (Å²) in [6.07, 6.45) is 0. The zero-order valence-electron chi connectivity index (χ0n) is 7.88. The largest absolute Gasteiger partial charge is 0.205 e. The fourth-order valence-electron chi connectivity index (χ4n) is 1.30. The quantitative estimate of drug-likeness (QED) is 0.622. The van der Waals surface area contributed by atoms with Gasteiger partial charge in [0.1, 0.15) is 5.82 Å². The average molecular weight is 340 g/mol. The standard InChI is InChI=1S/C11H6BrCl2FS/c12-10-4-3-9(16-10)11(14)6-1-2-8(15)7(13)5-6/h1-5,11H. The monoisotopic (exact) mass is 338 g/mol. The second-order valence-electron chi connectivity index (χ2n) is 3.18. The molecule has 0 nitrogen and oxygen atoms in total. The lowest BCUT2D eigenvalue weighted by Gasteiger charge is -2.08. The highest BCUT2D eigenvalue weighted by atomic mass is 79.9. The first-order valence-electron chi connectivity index (χ1n) is 4.42. The number of alkyl halides is 1. The van der Waals surface area contributed by atoms with Gasteiger partial charge in [0.05, 0.1) is 14.2 Å². The van der Waals surface area contributed by atoms with Gasteiger partial charge in [0, 0.05) is 4.88 Å². The Morgan fingerprint density at radius 1 is 1.25 bits per heavy atom. The first-order chi connectivity index (χ1) is 7.58. The van der Waals surface area contributed by atoms with Gasteiger partial charge in [0.15, 0.2) is 0 Å². The second kappa shape index (κ2) is 5.05. The third-order valence-corrected chi connectivity index (χ3v) is 4.67. The molecule has 16 heavy (non-hydrogen) atoms. The van der Waals surface area contributed by atoms with Crippen molar-refractivity contribution in [3.05, 3.63) is 55.4 Å². The van der Waals surface area contributed by atoms with Gasteiger partial charge in [-0.1, -0.05) is 17.7 Å². The van der Waals surface area contributed by atoms with E-state index in [0.717, 1.165) is 14.2 Å². The van der Waals surface area contributed by atoms with Crippen LogP contribution in [0.3, 0.4) is 0 Å². The molecule has 0 saturated carbocycles. The smallest absolute Gasteiger partial charge is 0.141 e. The summed E-state index contributed by atoms with van der Waals surface area (Å²) in [6.45, 7) is 0. The Kier molecular flexibility index (Phi) is 3.90. The van der Waals surface area contributed by atoms with Crippen LogP contribution in [0.25, 0.3) is 0 Å². The Balaban J connectivity index is 2.33. The van der Waals surface area contributed by atoms with Crippen molar-refractivity contribution in [2.24, 2.45) is 0 Å². The normalized spacial score (nSPS) is 12.8. The molecule has 0 aliphatic heterocycles. The lowest BCUT2D eigenvalue weighted by atomic mass is 10.1. The number of hydrogen-bond donors (Lipinski definition) is 0. The van der Waals surface area contributed by atoms with Crippen molar-refractivity contribution < 1.29 is 4.39 Å². The van der Waals surface area contributed by atoms with Crippen LogP contribution >= 0.6 is 50.5 Å². The summed E-state index contributed by atoms with van der Waals surface area (Å²) in [5.74, 6) is -0.429. The van der Waals surface area contributed by atoms with Crippen molar-refractivity contribution in [1.29, 1.82) is 0 Å². The molecule has 1 aromatic heterocycles. The van der Waals surface area contributed by atoms with Crippen LogP contribution in [0.4, 0.5) is 4.39 Å². The minimum absolute atomic E-state index is 0.0961. The molecule has 0 amide bonds. The molecule has 0 aliphatic rings. The van der Waals surface area contributed by atoms with Crippen LogP contribution in [-0.4, -0.2) is 0 Å². The minimum atomic E-state index is -0.429. The van der Waals surface area contributed by atoms with Gasteiger partial charge in [0.2, 0.25) is 0 Å². The molecule has 1 atom stereocenters. The van der Waals surface area contributed by atoms with Crippen molar-refractivity contribution in [1.82, 2.24) is 0 Å². The zero-order chi connectivity index (χ0) is 11.7. The Morgan fingerprint density at radius 2 is 2.00 bits per heavy atom. The van der Waals surface area contributed by atoms with Gasteiger partial charge in [-0.15, -0.1) is 22.9 Å². The van der Waals surface area contributed by atoms with Crippen LogP contribution in [0.2, 0.25) is 5.02 Å². The van der Waals surface area contributed by atoms with E-state index in [-0.39, 0.29) is 10.4 Å². The van der Waals surface area contributed by atoms with Crippen LogP contribution in [0.5, 0.6) is 0 Å². The molecule has 5 heteroatoms. The molecule has 1 unspecified atom stereocenters. The van der Waals surface area contributed by atoms with Crippen LogP contribution in [0.15, 0.2) is 34.1 Å². The van der Waals surface area contributed by atoms with Crippen molar-refractivity contribution in [3.8, 4) is 0 Å². The molecule has 1 aromatic carbocycles. The van der Waals surface area contributed by atoms with E-state index < -0.39 is 5.82 Å². The number of rotatable bonds is 2. The Bertz CT molecular complexity index is 512. The number of halogens is 4. The molecule has 2 rings (SSSR count). The molecule has 0 bridgehead atoms. The van der Waals surface area contributed by atoms with E-state index in [4.69, 9.17) is 23.2 Å². The van der Waals surface area contributed by atoms with Crippen molar-refractivity contribution in [2.75, 3.05) is 0 Å². The molecule has 0 aliphatic carbocycles. The molecular formula is C11H6BrCl2FS. The summed E-state index contributed by atoms with van der Waals surface area (Å²) in [7, 11) is 0. The molecule has 0 radical (unpaired) electrons. The van der Waals surface area contributed by atoms with E-state index in [1.165, 1.54) is 6.07 Å². The van der Waals surface area contributed by atoms with E-state index in [0.29, 0.717) is 0 Å². The summed E-state index contributed by atoms with van der Waals surface area (Å²) in [4.78, 5) is 0.996. The number of hydrogen-bond acceptors (Lipinski definition) is 1. The van der Waals surface area contributed by atoms with Gasteiger partial charge >= 0.3 is 0 Å². The van der Waals surface area contributed by atoms with Crippen LogP contribution < -0.4 is 0 Å². The van der Waals surface area contributed by atoms with E-state index in [2.05, 4.69) is 15.9 Å². The van der Waals surface area contributed by atoms with Crippen LogP contribution in [-0.2, 0) is 0 Å². The van der Waals surface area contributed by atoms with Gasteiger partial charge in [-0.2, -0.15) is 0 Å². The van der Waals surface area contributed by atoms with Gasteiger partial charge in [-0.3, -0.25) is 0 Å². The molecule has 0 N–H and O–H groups in total. The van der Waals surface area contributed by atoms with E-state index in [1.807, 2.05) is 12.1 Å². The first-order valence-corrected chi connectivity index (χ1v) is 6.84. The van der Waals surface area contributed by atoms with E-state index in [9.17, 15) is 4.39 Å². The summed E-state index contributed by atoms with van der Waals surface area (Å²) in [5, 5.41) is -0.201. The predicted octanol–water partition coefficient (Wildman–Crippen LogP) is 5.63. The molecule has 2 aromatic rings. The van der Waals surface area contributed by atoms with Crippen molar-refractivity contribution in [2.45, 2.75) is 5.38 Å². The highest BCUT2D eigenvalue weighted by Gasteiger charge is 2.14. The molecule has 0 fully saturated rings. The first kappa shape index (κ1) is 12.4. The highest BCUT2D eigenvalue weighted by molar-refractivity contribution is 9.11. The van der Waals surface area contributed by atoms with Gasteiger partial charge in [0.25, 0.3) is 0 Å². The topological polar surface area (TPSA) is 0 Å². The maximum atomic E-state index is 13.0. The summed E-state index contributed by atoms with van der Waals surface area (Å²) >= 11 is 16.9. The SMILES string of the molecule is Fc1ccc(C(Cl)c2ccc(Br)s2)cc1Cl. The summed E-state index contributed by atoms with van der Waals surface area (Å²) < 4.78 is 14.0. The second-order valence-corrected chi connectivity index (χ2v) is 6.52. The number of benzene rings is 1. The van der Waals surface area contributed by atoms with E-state index >= 15 is 0 Å². The predicted molar refractivity (Wildman–Crippen MR) is 71.1 cm³/mol. The molecule has 0 spiro atoms. The molecule has 0 saturated heterocycles. The van der Waals surface area contributed by atoms with Gasteiger partial charge < -0.3 is 0 Å². The third-order valence-electron chi connectivity index (χ3n) is 2.08. The Labute approximate surface area is 115 Å². The summed E-state index contributed by atoms with van der Waals surface area (Å²) in [6, 6.07) is 8.40. The molecule has 1 heterocycles. The third kappa shape index (κ3) is 2.59. The molecular weight excluding hydrogens is 334 g/mol. The zero-order valence-corrected chi connectivity index (χ0v) is 11.8. The Morgan fingerprint density at radius 3 is 2.56 bits per heavy atom. The molecule has 84 valence electrons. The van der Waals surface area contributed by atoms with Gasteiger partial charge in [-0.25, -0.2) is 4.39 Å². The van der Waals surface area contributed by atoms with Crippen molar-refractivity contribution >= 4 is 50.5 Å². The van der Waals surface area contributed by atoms with Crippen molar-refractivity contribution in [3.63, 3.8) is 0 Å². The lowest BCUT2D eigenvalue weighted by molar-refractivity contribution is 0.627. The fourth-order valence-corrected chi connectivity index (χ4v) is 3.26. The number of thiophene rings is 1. The maximum Gasteiger partial charge on any atom is 0.141 e. The van der Waals surface area contributed by atoms with Crippen LogP contribution in [0.1, 0.15) is 15.8 Å².